The molecule has 5 heteroatoms. The van der Waals surface area contributed by atoms with Crippen LogP contribution in [-0.4, -0.2) is 35.6 Å². The molecule has 0 aromatic heterocycles. The van der Waals surface area contributed by atoms with Gasteiger partial charge in [0.05, 0.1) is 6.04 Å². The van der Waals surface area contributed by atoms with Crippen molar-refractivity contribution < 1.29 is 14.3 Å². The van der Waals surface area contributed by atoms with Gasteiger partial charge in [-0.3, -0.25) is 4.79 Å². The first-order valence-electron chi connectivity index (χ1n) is 9.63. The van der Waals surface area contributed by atoms with Gasteiger partial charge in [-0.1, -0.05) is 43.7 Å². The smallest absolute Gasteiger partial charge is 0.410 e. The van der Waals surface area contributed by atoms with E-state index in [2.05, 4.69) is 24.4 Å². The van der Waals surface area contributed by atoms with Crippen molar-refractivity contribution >= 4 is 12.0 Å². The molecule has 1 saturated heterocycles. The van der Waals surface area contributed by atoms with Crippen molar-refractivity contribution in [1.82, 2.24) is 10.2 Å². The molecule has 1 unspecified atom stereocenters. The number of benzene rings is 1. The van der Waals surface area contributed by atoms with E-state index in [4.69, 9.17) is 4.74 Å². The molecule has 1 aromatic carbocycles. The van der Waals surface area contributed by atoms with Crippen LogP contribution in [0.1, 0.15) is 65.0 Å². The Labute approximate surface area is 157 Å². The molecule has 1 aliphatic rings. The first-order chi connectivity index (χ1) is 12.3. The highest BCUT2D eigenvalue weighted by Crippen LogP contribution is 2.23. The number of rotatable bonds is 5. The van der Waals surface area contributed by atoms with Gasteiger partial charge in [-0.15, -0.1) is 0 Å². The van der Waals surface area contributed by atoms with Gasteiger partial charge in [-0.25, -0.2) is 4.79 Å². The third kappa shape index (κ3) is 6.04. The summed E-state index contributed by atoms with van der Waals surface area (Å²) in [7, 11) is 0. The third-order valence-electron chi connectivity index (χ3n) is 4.61. The third-order valence-corrected chi connectivity index (χ3v) is 4.61. The van der Waals surface area contributed by atoms with E-state index in [9.17, 15) is 9.59 Å². The SMILES string of the molecule is CCCC(NC(=O)C1CCN(C(=O)OC(C)(C)C)CC1)c1ccccc1. The Morgan fingerprint density at radius 3 is 2.35 bits per heavy atom. The predicted octanol–water partition coefficient (Wildman–Crippen LogP) is 4.29. The van der Waals surface area contributed by atoms with Gasteiger partial charge < -0.3 is 15.0 Å². The van der Waals surface area contributed by atoms with Gasteiger partial charge in [0.15, 0.2) is 0 Å². The summed E-state index contributed by atoms with van der Waals surface area (Å²) in [5.74, 6) is 0.0490. The van der Waals surface area contributed by atoms with Crippen molar-refractivity contribution in [2.75, 3.05) is 13.1 Å². The zero-order chi connectivity index (χ0) is 19.2. The fraction of sp³-hybridized carbons (Fsp3) is 0.619. The van der Waals surface area contributed by atoms with Crippen molar-refractivity contribution in [2.24, 2.45) is 5.92 Å². The van der Waals surface area contributed by atoms with Crippen molar-refractivity contribution in [3.8, 4) is 0 Å². The fourth-order valence-corrected chi connectivity index (χ4v) is 3.24. The van der Waals surface area contributed by atoms with Crippen LogP contribution in [0.5, 0.6) is 0 Å². The zero-order valence-corrected chi connectivity index (χ0v) is 16.5. The summed E-state index contributed by atoms with van der Waals surface area (Å²) in [4.78, 5) is 26.6. The van der Waals surface area contributed by atoms with E-state index in [1.165, 1.54) is 0 Å². The number of hydrogen-bond donors (Lipinski definition) is 1. The number of carbonyl (C=O) groups excluding carboxylic acids is 2. The summed E-state index contributed by atoms with van der Waals surface area (Å²) < 4.78 is 5.41. The molecule has 2 amide bonds. The number of carbonyl (C=O) groups is 2. The lowest BCUT2D eigenvalue weighted by molar-refractivity contribution is -0.127. The fourth-order valence-electron chi connectivity index (χ4n) is 3.24. The Morgan fingerprint density at radius 1 is 1.19 bits per heavy atom. The van der Waals surface area contributed by atoms with E-state index in [1.807, 2.05) is 39.0 Å². The number of nitrogens with one attached hydrogen (secondary N) is 1. The average Bonchev–Trinajstić information content (AvgIpc) is 2.60. The van der Waals surface area contributed by atoms with Gasteiger partial charge in [0.25, 0.3) is 0 Å². The topological polar surface area (TPSA) is 58.6 Å². The molecular weight excluding hydrogens is 328 g/mol. The van der Waals surface area contributed by atoms with Crippen LogP contribution >= 0.6 is 0 Å². The monoisotopic (exact) mass is 360 g/mol. The molecule has 0 bridgehead atoms. The van der Waals surface area contributed by atoms with E-state index >= 15 is 0 Å². The lowest BCUT2D eigenvalue weighted by atomic mass is 9.94. The second kappa shape index (κ2) is 9.06. The lowest BCUT2D eigenvalue weighted by Crippen LogP contribution is -2.45. The minimum Gasteiger partial charge on any atom is -0.444 e. The molecule has 144 valence electrons. The van der Waals surface area contributed by atoms with Gasteiger partial charge in [0.1, 0.15) is 5.60 Å². The maximum atomic E-state index is 12.7. The van der Waals surface area contributed by atoms with Gasteiger partial charge >= 0.3 is 6.09 Å². The molecule has 1 aliphatic heterocycles. The van der Waals surface area contributed by atoms with Crippen molar-refractivity contribution in [3.05, 3.63) is 35.9 Å². The minimum absolute atomic E-state index is 0.0447. The summed E-state index contributed by atoms with van der Waals surface area (Å²) in [6, 6.07) is 10.2. The van der Waals surface area contributed by atoms with Crippen LogP contribution in [-0.2, 0) is 9.53 Å². The van der Waals surface area contributed by atoms with Gasteiger partial charge in [-0.05, 0) is 45.6 Å². The first-order valence-corrected chi connectivity index (χ1v) is 9.63. The highest BCUT2D eigenvalue weighted by molar-refractivity contribution is 5.79. The van der Waals surface area contributed by atoms with E-state index < -0.39 is 5.60 Å². The van der Waals surface area contributed by atoms with Crippen molar-refractivity contribution in [1.29, 1.82) is 0 Å². The van der Waals surface area contributed by atoms with Gasteiger partial charge in [0.2, 0.25) is 5.91 Å². The normalized spacial score (nSPS) is 16.8. The molecule has 1 fully saturated rings. The summed E-state index contributed by atoms with van der Waals surface area (Å²) in [6.07, 6.45) is 3.01. The Hall–Kier alpha value is -2.04. The van der Waals surface area contributed by atoms with E-state index in [0.29, 0.717) is 25.9 Å². The average molecular weight is 360 g/mol. The molecule has 2 rings (SSSR count). The minimum atomic E-state index is -0.492. The predicted molar refractivity (Wildman–Crippen MR) is 103 cm³/mol. The van der Waals surface area contributed by atoms with Crippen LogP contribution in [0.4, 0.5) is 4.79 Å². The first kappa shape index (κ1) is 20.3. The molecule has 1 atom stereocenters. The molecule has 0 radical (unpaired) electrons. The van der Waals surface area contributed by atoms with Crippen LogP contribution in [0.25, 0.3) is 0 Å². The number of likely N-dealkylation sites (tertiary alicyclic amines) is 1. The Morgan fingerprint density at radius 2 is 1.81 bits per heavy atom. The van der Waals surface area contributed by atoms with Crippen LogP contribution < -0.4 is 5.32 Å². The standard InChI is InChI=1S/C21H32N2O3/c1-5-9-18(16-10-7-6-8-11-16)22-19(24)17-12-14-23(15-13-17)20(25)26-21(2,3)4/h6-8,10-11,17-18H,5,9,12-15H2,1-4H3,(H,22,24). The number of hydrogen-bond acceptors (Lipinski definition) is 3. The zero-order valence-electron chi connectivity index (χ0n) is 16.5. The lowest BCUT2D eigenvalue weighted by Gasteiger charge is -2.33. The van der Waals surface area contributed by atoms with E-state index in [1.54, 1.807) is 4.90 Å². The number of piperidine rings is 1. The quantitative estimate of drug-likeness (QED) is 0.852. The van der Waals surface area contributed by atoms with Crippen molar-refractivity contribution in [2.45, 2.75) is 65.0 Å². The molecule has 0 aliphatic carbocycles. The molecule has 1 aromatic rings. The van der Waals surface area contributed by atoms with E-state index in [0.717, 1.165) is 18.4 Å². The number of amides is 2. The highest BCUT2D eigenvalue weighted by Gasteiger charge is 2.30. The summed E-state index contributed by atoms with van der Waals surface area (Å²) in [5.41, 5.74) is 0.655. The van der Waals surface area contributed by atoms with Crippen LogP contribution in [0, 0.1) is 5.92 Å². The van der Waals surface area contributed by atoms with E-state index in [-0.39, 0.29) is 24.0 Å². The second-order valence-electron chi connectivity index (χ2n) is 8.00. The number of nitrogens with zero attached hydrogens (tertiary/aromatic N) is 1. The van der Waals surface area contributed by atoms with Gasteiger partial charge in [0, 0.05) is 19.0 Å². The second-order valence-corrected chi connectivity index (χ2v) is 8.00. The Balaban J connectivity index is 1.88. The molecular formula is C21H32N2O3. The molecule has 1 heterocycles. The van der Waals surface area contributed by atoms with Crippen LogP contribution in [0.15, 0.2) is 30.3 Å². The summed E-state index contributed by atoms with van der Waals surface area (Å²) >= 11 is 0. The Bertz CT molecular complexity index is 587. The van der Waals surface area contributed by atoms with Crippen LogP contribution in [0.3, 0.4) is 0 Å². The highest BCUT2D eigenvalue weighted by atomic mass is 16.6. The maximum Gasteiger partial charge on any atom is 0.410 e. The molecule has 1 N–H and O–H groups in total. The maximum absolute atomic E-state index is 12.7. The largest absolute Gasteiger partial charge is 0.444 e. The molecule has 26 heavy (non-hydrogen) atoms. The van der Waals surface area contributed by atoms with Crippen molar-refractivity contribution in [3.63, 3.8) is 0 Å². The molecule has 0 spiro atoms. The van der Waals surface area contributed by atoms with Gasteiger partial charge in [-0.2, -0.15) is 0 Å². The summed E-state index contributed by atoms with van der Waals surface area (Å²) in [5, 5.41) is 3.21. The van der Waals surface area contributed by atoms with Crippen LogP contribution in [0.2, 0.25) is 0 Å². The number of ether oxygens (including phenoxy) is 1. The molecule has 5 nitrogen and oxygen atoms in total. The molecule has 0 saturated carbocycles. The Kier molecular flexibility index (Phi) is 7.06. The summed E-state index contributed by atoms with van der Waals surface area (Å²) in [6.45, 7) is 8.85.